The fourth-order valence-corrected chi connectivity index (χ4v) is 4.67. The molecule has 0 aromatic heterocycles. The van der Waals surface area contributed by atoms with Crippen molar-refractivity contribution in [2.75, 3.05) is 11.9 Å². The molecule has 34 heavy (non-hydrogen) atoms. The average molecular weight is 484 g/mol. The second-order valence-electron chi connectivity index (χ2n) is 8.75. The molecule has 8 heteroatoms. The zero-order chi connectivity index (χ0) is 24.8. The predicted molar refractivity (Wildman–Crippen MR) is 134 cm³/mol. The van der Waals surface area contributed by atoms with Gasteiger partial charge in [-0.25, -0.2) is 0 Å². The molecule has 0 saturated carbocycles. The largest absolute Gasteiger partial charge is 0.481 e. The number of unbranched alkanes of at least 4 members (excludes halogenated alkanes) is 2. The third-order valence-electron chi connectivity index (χ3n) is 5.92. The Balaban J connectivity index is 1.86. The molecule has 0 amide bonds. The van der Waals surface area contributed by atoms with Crippen molar-refractivity contribution in [1.82, 2.24) is 0 Å². The monoisotopic (exact) mass is 483 g/mol. The number of hydrogen-bond acceptors (Lipinski definition) is 4. The summed E-state index contributed by atoms with van der Waals surface area (Å²) in [5.41, 5.74) is 3.20. The van der Waals surface area contributed by atoms with E-state index >= 15 is 0 Å². The maximum atomic E-state index is 11.7. The minimum atomic E-state index is -4.31. The highest BCUT2D eigenvalue weighted by Gasteiger charge is 2.44. The quantitative estimate of drug-likeness (QED) is 0.177. The molecule has 0 fully saturated rings. The normalized spacial score (nSPS) is 15.3. The van der Waals surface area contributed by atoms with Gasteiger partial charge in [0.1, 0.15) is 6.54 Å². The highest BCUT2D eigenvalue weighted by atomic mass is 32.2. The number of carboxylic acids is 1. The van der Waals surface area contributed by atoms with Crippen LogP contribution in [0.25, 0.3) is 0 Å². The highest BCUT2D eigenvalue weighted by molar-refractivity contribution is 7.85. The van der Waals surface area contributed by atoms with Crippen molar-refractivity contribution in [2.45, 2.75) is 49.8 Å². The molecule has 3 N–H and O–H groups in total. The van der Waals surface area contributed by atoms with Crippen LogP contribution in [0.3, 0.4) is 0 Å². The lowest BCUT2D eigenvalue weighted by Gasteiger charge is -2.15. The summed E-state index contributed by atoms with van der Waals surface area (Å²) in [6.45, 7) is 4.72. The van der Waals surface area contributed by atoms with E-state index in [-0.39, 0.29) is 11.3 Å². The Morgan fingerprint density at radius 1 is 1.06 bits per heavy atom. The first-order valence-electron chi connectivity index (χ1n) is 11.2. The number of hydrogen-bond donors (Lipinski definition) is 3. The van der Waals surface area contributed by atoms with Gasteiger partial charge in [-0.1, -0.05) is 24.3 Å². The first kappa shape index (κ1) is 25.4. The number of anilines is 1. The van der Waals surface area contributed by atoms with E-state index < -0.39 is 21.5 Å². The number of allylic oxidation sites excluding steroid dienone is 3. The van der Waals surface area contributed by atoms with Crippen LogP contribution >= 0.6 is 0 Å². The summed E-state index contributed by atoms with van der Waals surface area (Å²) in [5.74, 6) is -0.795. The third kappa shape index (κ3) is 6.21. The van der Waals surface area contributed by atoms with E-state index in [1.54, 1.807) is 6.07 Å². The van der Waals surface area contributed by atoms with Gasteiger partial charge in [0.2, 0.25) is 5.69 Å². The Bertz CT molecular complexity index is 1230. The van der Waals surface area contributed by atoms with Crippen LogP contribution in [-0.4, -0.2) is 40.9 Å². The van der Waals surface area contributed by atoms with Gasteiger partial charge in [0.05, 0.1) is 10.3 Å². The van der Waals surface area contributed by atoms with Gasteiger partial charge in [0.15, 0.2) is 5.71 Å². The average Bonchev–Trinajstić information content (AvgIpc) is 2.99. The molecular formula is C26H31N2O5S+. The van der Waals surface area contributed by atoms with Gasteiger partial charge in [-0.15, -0.1) is 0 Å². The summed E-state index contributed by atoms with van der Waals surface area (Å²) >= 11 is 0. The van der Waals surface area contributed by atoms with Crippen LogP contribution in [0.4, 0.5) is 11.4 Å². The van der Waals surface area contributed by atoms with Crippen molar-refractivity contribution in [3.8, 4) is 0 Å². The van der Waals surface area contributed by atoms with Crippen molar-refractivity contribution in [3.63, 3.8) is 0 Å². The van der Waals surface area contributed by atoms with Gasteiger partial charge < -0.3 is 10.4 Å². The van der Waals surface area contributed by atoms with E-state index in [1.807, 2.05) is 68.6 Å². The predicted octanol–water partition coefficient (Wildman–Crippen LogP) is 5.14. The van der Waals surface area contributed by atoms with E-state index in [0.29, 0.717) is 13.0 Å². The molecule has 0 bridgehead atoms. The molecule has 0 atom stereocenters. The second kappa shape index (κ2) is 10.8. The summed E-state index contributed by atoms with van der Waals surface area (Å²) in [4.78, 5) is 10.7. The topological polar surface area (TPSA) is 107 Å². The van der Waals surface area contributed by atoms with Crippen LogP contribution in [0, 0.1) is 0 Å². The lowest BCUT2D eigenvalue weighted by molar-refractivity contribution is -0.438. The first-order valence-corrected chi connectivity index (χ1v) is 12.7. The van der Waals surface area contributed by atoms with Crippen molar-refractivity contribution >= 4 is 33.2 Å². The Labute approximate surface area is 200 Å². The Morgan fingerprint density at radius 3 is 2.47 bits per heavy atom. The molecule has 2 aromatic carbocycles. The van der Waals surface area contributed by atoms with Gasteiger partial charge in [-0.3, -0.25) is 9.35 Å². The van der Waals surface area contributed by atoms with Gasteiger partial charge in [-0.05, 0) is 57.0 Å². The van der Waals surface area contributed by atoms with E-state index in [4.69, 9.17) is 5.11 Å². The SMILES string of the molecule is CC1(C)C(C=CC=CNc2ccccc2)=[N+](CCCCCC(=O)O)c2ccc(S(=O)(=O)O)cc21. The lowest BCUT2D eigenvalue weighted by atomic mass is 9.81. The molecule has 180 valence electrons. The number of benzene rings is 2. The minimum Gasteiger partial charge on any atom is -0.481 e. The van der Waals surface area contributed by atoms with Gasteiger partial charge in [0, 0.05) is 42.4 Å². The number of para-hydroxylation sites is 1. The molecule has 1 heterocycles. The Kier molecular flexibility index (Phi) is 8.06. The van der Waals surface area contributed by atoms with Crippen LogP contribution in [0.5, 0.6) is 0 Å². The Morgan fingerprint density at radius 2 is 1.79 bits per heavy atom. The number of nitrogens with one attached hydrogen (secondary N) is 1. The van der Waals surface area contributed by atoms with Crippen LogP contribution < -0.4 is 5.32 Å². The molecule has 0 aliphatic carbocycles. The van der Waals surface area contributed by atoms with E-state index in [0.717, 1.165) is 35.5 Å². The van der Waals surface area contributed by atoms with Crippen LogP contribution in [0.2, 0.25) is 0 Å². The van der Waals surface area contributed by atoms with Crippen molar-refractivity contribution in [3.05, 3.63) is 78.5 Å². The summed E-state index contributed by atoms with van der Waals surface area (Å²) in [7, 11) is -4.31. The smallest absolute Gasteiger partial charge is 0.303 e. The fraction of sp³-hybridized carbons (Fsp3) is 0.308. The summed E-state index contributed by atoms with van der Waals surface area (Å²) in [6, 6.07) is 14.5. The second-order valence-corrected chi connectivity index (χ2v) is 10.2. The van der Waals surface area contributed by atoms with Gasteiger partial charge in [-0.2, -0.15) is 13.0 Å². The zero-order valence-electron chi connectivity index (χ0n) is 19.4. The number of rotatable bonds is 11. The lowest BCUT2D eigenvalue weighted by Crippen LogP contribution is -2.28. The highest BCUT2D eigenvalue weighted by Crippen LogP contribution is 2.41. The molecule has 1 aliphatic rings. The molecule has 0 saturated heterocycles. The molecule has 0 unspecified atom stereocenters. The minimum absolute atomic E-state index is 0.127. The summed E-state index contributed by atoms with van der Waals surface area (Å²) in [5, 5.41) is 12.1. The molecule has 0 spiro atoms. The van der Waals surface area contributed by atoms with Gasteiger partial charge >= 0.3 is 5.97 Å². The van der Waals surface area contributed by atoms with Gasteiger partial charge in [0.25, 0.3) is 10.1 Å². The van der Waals surface area contributed by atoms with Crippen molar-refractivity contribution in [2.24, 2.45) is 0 Å². The number of fused-ring (bicyclic) bond motifs is 1. The summed E-state index contributed by atoms with van der Waals surface area (Å²) < 4.78 is 35.1. The molecule has 2 aromatic rings. The number of nitrogens with zero attached hydrogens (tertiary/aromatic N) is 1. The maximum absolute atomic E-state index is 11.7. The number of carbonyl (C=O) groups is 1. The Hall–Kier alpha value is -3.23. The van der Waals surface area contributed by atoms with E-state index in [2.05, 4.69) is 9.89 Å². The van der Waals surface area contributed by atoms with Crippen LogP contribution in [-0.2, 0) is 20.3 Å². The molecular weight excluding hydrogens is 452 g/mol. The molecule has 3 rings (SSSR count). The molecule has 0 radical (unpaired) electrons. The molecule has 1 aliphatic heterocycles. The summed E-state index contributed by atoms with van der Waals surface area (Å²) in [6.07, 6.45) is 10.0. The maximum Gasteiger partial charge on any atom is 0.303 e. The van der Waals surface area contributed by atoms with Crippen molar-refractivity contribution < 1.29 is 27.4 Å². The zero-order valence-corrected chi connectivity index (χ0v) is 20.3. The standard InChI is InChI=1S/C26H30N2O5S/c1-26(2)22-19-21(34(31,32)33)15-16-23(22)28(18-10-4-7-14-25(29)30)24(26)13-8-9-17-27-20-11-5-3-6-12-20/h3,5-6,8-9,11-13,15-17,19H,4,7,10,14,18H2,1-2H3,(H2,29,30,31,32,33)/p+1. The van der Waals surface area contributed by atoms with E-state index in [9.17, 15) is 17.8 Å². The van der Waals surface area contributed by atoms with Crippen LogP contribution in [0.1, 0.15) is 45.1 Å². The number of carboxylic acid groups (broad SMARTS) is 1. The van der Waals surface area contributed by atoms with Crippen LogP contribution in [0.15, 0.2) is 77.9 Å². The molecule has 7 nitrogen and oxygen atoms in total. The van der Waals surface area contributed by atoms with E-state index in [1.165, 1.54) is 12.1 Å². The third-order valence-corrected chi connectivity index (χ3v) is 6.77. The number of aliphatic carboxylic acids is 1. The fourth-order valence-electron chi connectivity index (χ4n) is 4.16. The van der Waals surface area contributed by atoms with Crippen molar-refractivity contribution in [1.29, 1.82) is 0 Å². The first-order chi connectivity index (χ1) is 16.1.